The van der Waals surface area contributed by atoms with Crippen molar-refractivity contribution in [2.24, 2.45) is 5.92 Å². The third-order valence-electron chi connectivity index (χ3n) is 3.63. The van der Waals surface area contributed by atoms with Crippen molar-refractivity contribution in [1.82, 2.24) is 15.8 Å². The Balaban J connectivity index is 1.45. The van der Waals surface area contributed by atoms with Gasteiger partial charge in [0.1, 0.15) is 5.69 Å². The fraction of sp³-hybridized carbons (Fsp3) is 0.375. The summed E-state index contributed by atoms with van der Waals surface area (Å²) in [4.78, 5) is 11.7. The van der Waals surface area contributed by atoms with Crippen LogP contribution in [0.15, 0.2) is 40.9 Å². The maximum absolute atomic E-state index is 11.7. The number of aromatic nitrogens is 1. The molecule has 1 aliphatic rings. The first kappa shape index (κ1) is 14.6. The number of rotatable bonds is 5. The molecule has 0 saturated carbocycles. The molecule has 116 valence electrons. The molecule has 2 amide bonds. The summed E-state index contributed by atoms with van der Waals surface area (Å²) in [6.45, 7) is 2.46. The van der Waals surface area contributed by atoms with Crippen molar-refractivity contribution >= 4 is 6.03 Å². The number of carbonyl (C=O) groups excluding carboxylic acids is 1. The lowest BCUT2D eigenvalue weighted by Crippen LogP contribution is -2.37. The third kappa shape index (κ3) is 3.85. The molecule has 1 aromatic heterocycles. The number of amides is 2. The van der Waals surface area contributed by atoms with Gasteiger partial charge in [0, 0.05) is 30.7 Å². The Hall–Kier alpha value is -2.34. The summed E-state index contributed by atoms with van der Waals surface area (Å²) in [5, 5.41) is 9.61. The molecule has 0 bridgehead atoms. The van der Waals surface area contributed by atoms with E-state index < -0.39 is 0 Å². The molecular formula is C16H19N3O3. The van der Waals surface area contributed by atoms with E-state index in [2.05, 4.69) is 15.8 Å². The molecule has 22 heavy (non-hydrogen) atoms. The van der Waals surface area contributed by atoms with E-state index in [1.54, 1.807) is 0 Å². The fourth-order valence-corrected chi connectivity index (χ4v) is 2.35. The highest BCUT2D eigenvalue weighted by Crippen LogP contribution is 2.18. The largest absolute Gasteiger partial charge is 0.381 e. The van der Waals surface area contributed by atoms with Crippen LogP contribution in [0.4, 0.5) is 4.79 Å². The molecule has 1 saturated heterocycles. The molecule has 1 aliphatic heterocycles. The summed E-state index contributed by atoms with van der Waals surface area (Å²) >= 11 is 0. The molecule has 1 atom stereocenters. The van der Waals surface area contributed by atoms with E-state index in [1.807, 2.05) is 36.4 Å². The number of hydrogen-bond donors (Lipinski definition) is 2. The predicted molar refractivity (Wildman–Crippen MR) is 81.1 cm³/mol. The summed E-state index contributed by atoms with van der Waals surface area (Å²) in [5.41, 5.74) is 1.75. The predicted octanol–water partition coefficient (Wildman–Crippen LogP) is 2.18. The highest BCUT2D eigenvalue weighted by atomic mass is 16.5. The van der Waals surface area contributed by atoms with Crippen molar-refractivity contribution in [3.8, 4) is 11.3 Å². The van der Waals surface area contributed by atoms with Crippen LogP contribution in [0.5, 0.6) is 0 Å². The van der Waals surface area contributed by atoms with Crippen LogP contribution in [0.25, 0.3) is 11.3 Å². The van der Waals surface area contributed by atoms with Gasteiger partial charge < -0.3 is 19.9 Å². The van der Waals surface area contributed by atoms with Crippen LogP contribution in [0.1, 0.15) is 12.2 Å². The van der Waals surface area contributed by atoms with Crippen LogP contribution in [0, 0.1) is 5.92 Å². The lowest BCUT2D eigenvalue weighted by Gasteiger charge is -2.09. The highest BCUT2D eigenvalue weighted by molar-refractivity contribution is 5.73. The SMILES string of the molecule is O=C(NCc1cc(-c2ccccc2)no1)NCC1CCOC1. The van der Waals surface area contributed by atoms with Crippen molar-refractivity contribution < 1.29 is 14.1 Å². The van der Waals surface area contributed by atoms with Gasteiger partial charge in [-0.25, -0.2) is 4.79 Å². The van der Waals surface area contributed by atoms with Crippen molar-refractivity contribution in [3.63, 3.8) is 0 Å². The second-order valence-corrected chi connectivity index (χ2v) is 5.34. The molecule has 6 nitrogen and oxygen atoms in total. The minimum absolute atomic E-state index is 0.204. The summed E-state index contributed by atoms with van der Waals surface area (Å²) in [6.07, 6.45) is 1.00. The van der Waals surface area contributed by atoms with Crippen molar-refractivity contribution in [1.29, 1.82) is 0 Å². The second-order valence-electron chi connectivity index (χ2n) is 5.34. The van der Waals surface area contributed by atoms with Crippen LogP contribution in [-0.4, -0.2) is 30.9 Å². The smallest absolute Gasteiger partial charge is 0.315 e. The topological polar surface area (TPSA) is 76.4 Å². The monoisotopic (exact) mass is 301 g/mol. The molecule has 3 rings (SSSR count). The van der Waals surface area contributed by atoms with E-state index in [1.165, 1.54) is 0 Å². The molecule has 1 unspecified atom stereocenters. The van der Waals surface area contributed by atoms with Gasteiger partial charge >= 0.3 is 6.03 Å². The average molecular weight is 301 g/mol. The Bertz CT molecular complexity index is 606. The first-order valence-corrected chi connectivity index (χ1v) is 7.42. The van der Waals surface area contributed by atoms with Crippen molar-refractivity contribution in [3.05, 3.63) is 42.2 Å². The molecule has 0 aliphatic carbocycles. The Labute approximate surface area is 128 Å². The number of hydrogen-bond acceptors (Lipinski definition) is 4. The lowest BCUT2D eigenvalue weighted by molar-refractivity contribution is 0.185. The number of ether oxygens (including phenoxy) is 1. The first-order valence-electron chi connectivity index (χ1n) is 7.42. The van der Waals surface area contributed by atoms with Crippen molar-refractivity contribution in [2.45, 2.75) is 13.0 Å². The van der Waals surface area contributed by atoms with E-state index in [9.17, 15) is 4.79 Å². The second kappa shape index (κ2) is 7.09. The lowest BCUT2D eigenvalue weighted by atomic mass is 10.1. The van der Waals surface area contributed by atoms with E-state index in [-0.39, 0.29) is 6.03 Å². The van der Waals surface area contributed by atoms with Crippen LogP contribution in [-0.2, 0) is 11.3 Å². The van der Waals surface area contributed by atoms with Gasteiger partial charge in [-0.15, -0.1) is 0 Å². The van der Waals surface area contributed by atoms with Gasteiger partial charge in [0.05, 0.1) is 13.2 Å². The van der Waals surface area contributed by atoms with Gasteiger partial charge in [0.15, 0.2) is 5.76 Å². The highest BCUT2D eigenvalue weighted by Gasteiger charge is 2.16. The van der Waals surface area contributed by atoms with Gasteiger partial charge in [0.2, 0.25) is 0 Å². The summed E-state index contributed by atoms with van der Waals surface area (Å²) in [7, 11) is 0. The number of carbonyl (C=O) groups is 1. The Morgan fingerprint density at radius 1 is 1.27 bits per heavy atom. The van der Waals surface area contributed by atoms with Gasteiger partial charge in [-0.1, -0.05) is 35.5 Å². The normalized spacial score (nSPS) is 17.4. The number of nitrogens with zero attached hydrogens (tertiary/aromatic N) is 1. The standard InChI is InChI=1S/C16H19N3O3/c20-16(17-9-12-6-7-21-11-12)18-10-14-8-15(19-22-14)13-4-2-1-3-5-13/h1-5,8,12H,6-7,9-11H2,(H2,17,18,20). The average Bonchev–Trinajstić information content (AvgIpc) is 3.23. The number of nitrogens with one attached hydrogen (secondary N) is 2. The molecule has 2 N–H and O–H groups in total. The maximum Gasteiger partial charge on any atom is 0.315 e. The zero-order valence-corrected chi connectivity index (χ0v) is 12.2. The van der Waals surface area contributed by atoms with Crippen LogP contribution in [0.2, 0.25) is 0 Å². The molecule has 1 fully saturated rings. The number of benzene rings is 1. The van der Waals surface area contributed by atoms with Crippen LogP contribution < -0.4 is 10.6 Å². The number of urea groups is 1. The molecule has 1 aromatic carbocycles. The molecular weight excluding hydrogens is 282 g/mol. The van der Waals surface area contributed by atoms with Crippen LogP contribution in [0.3, 0.4) is 0 Å². The molecule has 0 spiro atoms. The van der Waals surface area contributed by atoms with E-state index in [4.69, 9.17) is 9.26 Å². The van der Waals surface area contributed by atoms with Gasteiger partial charge in [-0.2, -0.15) is 0 Å². The minimum atomic E-state index is -0.204. The zero-order valence-electron chi connectivity index (χ0n) is 12.2. The quantitative estimate of drug-likeness (QED) is 0.887. The molecule has 6 heteroatoms. The first-order chi connectivity index (χ1) is 10.8. The summed E-state index contributed by atoms with van der Waals surface area (Å²) in [6, 6.07) is 11.4. The molecule has 2 aromatic rings. The zero-order chi connectivity index (χ0) is 15.2. The summed E-state index contributed by atoms with van der Waals surface area (Å²) in [5.74, 6) is 1.04. The third-order valence-corrected chi connectivity index (χ3v) is 3.63. The Kier molecular flexibility index (Phi) is 4.70. The fourth-order valence-electron chi connectivity index (χ4n) is 2.35. The molecule has 2 heterocycles. The van der Waals surface area contributed by atoms with E-state index >= 15 is 0 Å². The van der Waals surface area contributed by atoms with Crippen molar-refractivity contribution in [2.75, 3.05) is 19.8 Å². The van der Waals surface area contributed by atoms with E-state index in [0.29, 0.717) is 24.8 Å². The Morgan fingerprint density at radius 2 is 2.14 bits per heavy atom. The summed E-state index contributed by atoms with van der Waals surface area (Å²) < 4.78 is 10.5. The maximum atomic E-state index is 11.7. The van der Waals surface area contributed by atoms with Gasteiger partial charge in [0.25, 0.3) is 0 Å². The minimum Gasteiger partial charge on any atom is -0.381 e. The molecule has 0 radical (unpaired) electrons. The Morgan fingerprint density at radius 3 is 2.91 bits per heavy atom. The van der Waals surface area contributed by atoms with Gasteiger partial charge in [-0.3, -0.25) is 0 Å². The van der Waals surface area contributed by atoms with Crippen LogP contribution >= 0.6 is 0 Å². The van der Waals surface area contributed by atoms with Gasteiger partial charge in [-0.05, 0) is 6.42 Å². The van der Waals surface area contributed by atoms with E-state index in [0.717, 1.165) is 30.9 Å².